The van der Waals surface area contributed by atoms with Gasteiger partial charge in [-0.3, -0.25) is 0 Å². The topological polar surface area (TPSA) is 88.0 Å². The van der Waals surface area contributed by atoms with Crippen molar-refractivity contribution in [1.82, 2.24) is 4.98 Å². The van der Waals surface area contributed by atoms with E-state index in [2.05, 4.69) is 31.6 Å². The van der Waals surface area contributed by atoms with E-state index in [1.807, 2.05) is 0 Å². The molecule has 0 fully saturated rings. The lowest BCUT2D eigenvalue weighted by atomic mass is 10.2. The summed E-state index contributed by atoms with van der Waals surface area (Å²) in [7, 11) is 1.28. The summed E-state index contributed by atoms with van der Waals surface area (Å²) in [6.07, 6.45) is 1.72. The molecule has 0 aromatic carbocycles. The number of nitrogens with zero attached hydrogens (tertiary/aromatic N) is 4. The lowest BCUT2D eigenvalue weighted by molar-refractivity contribution is 0.0600. The zero-order valence-electron chi connectivity index (χ0n) is 9.55. The number of halogens is 1. The number of hydrogen-bond donors (Lipinski definition) is 0. The van der Waals surface area contributed by atoms with Crippen molar-refractivity contribution in [2.75, 3.05) is 13.7 Å². The van der Waals surface area contributed by atoms with Crippen LogP contribution in [-0.2, 0) is 4.74 Å². The predicted octanol–water partition coefficient (Wildman–Crippen LogP) is 2.57. The van der Waals surface area contributed by atoms with Crippen molar-refractivity contribution >= 4 is 17.6 Å². The van der Waals surface area contributed by atoms with E-state index in [1.165, 1.54) is 19.4 Å². The van der Waals surface area contributed by atoms with E-state index in [1.54, 1.807) is 0 Å². The van der Waals surface area contributed by atoms with E-state index in [-0.39, 0.29) is 17.3 Å². The molecule has 0 amide bonds. The molecule has 92 valence electrons. The Balaban J connectivity index is 2.87. The molecular formula is C11H9ClN4O2. The third-order valence-corrected chi connectivity index (χ3v) is 2.18. The van der Waals surface area contributed by atoms with Crippen LogP contribution in [0.5, 0.6) is 0 Å². The monoisotopic (exact) mass is 264 g/mol. The highest BCUT2D eigenvalue weighted by Gasteiger charge is 2.08. The summed E-state index contributed by atoms with van der Waals surface area (Å²) in [5.74, 6) is 5.02. The van der Waals surface area contributed by atoms with Gasteiger partial charge in [-0.05, 0) is 11.6 Å². The van der Waals surface area contributed by atoms with Gasteiger partial charge in [0.05, 0.1) is 18.2 Å². The van der Waals surface area contributed by atoms with E-state index in [0.29, 0.717) is 12.0 Å². The van der Waals surface area contributed by atoms with Gasteiger partial charge in [0.2, 0.25) is 0 Å². The van der Waals surface area contributed by atoms with Crippen LogP contribution >= 0.6 is 11.6 Å². The van der Waals surface area contributed by atoms with Crippen LogP contribution in [0.3, 0.4) is 0 Å². The fourth-order valence-corrected chi connectivity index (χ4v) is 1.22. The van der Waals surface area contributed by atoms with Crippen LogP contribution < -0.4 is 0 Å². The smallest absolute Gasteiger partial charge is 0.339 e. The molecule has 0 aliphatic rings. The second kappa shape index (κ2) is 7.17. The molecule has 18 heavy (non-hydrogen) atoms. The molecule has 0 atom stereocenters. The molecular weight excluding hydrogens is 256 g/mol. The molecule has 7 heteroatoms. The van der Waals surface area contributed by atoms with Crippen LogP contribution in [0, 0.1) is 11.8 Å². The normalized spacial score (nSPS) is 8.78. The molecule has 1 rings (SSSR count). The summed E-state index contributed by atoms with van der Waals surface area (Å²) in [5, 5.41) is 3.55. The number of carbonyl (C=O) groups excluding carboxylic acids is 1. The summed E-state index contributed by atoms with van der Waals surface area (Å²) in [5.41, 5.74) is 8.79. The van der Waals surface area contributed by atoms with Crippen molar-refractivity contribution in [3.8, 4) is 11.8 Å². The molecule has 1 heterocycles. The van der Waals surface area contributed by atoms with Crippen molar-refractivity contribution in [1.29, 1.82) is 0 Å². The first-order valence-corrected chi connectivity index (χ1v) is 5.30. The molecule has 0 aliphatic heterocycles. The summed E-state index contributed by atoms with van der Waals surface area (Å²) < 4.78 is 4.56. The van der Waals surface area contributed by atoms with Gasteiger partial charge in [0.25, 0.3) is 0 Å². The third kappa shape index (κ3) is 3.98. The molecule has 0 radical (unpaired) electrons. The van der Waals surface area contributed by atoms with Gasteiger partial charge < -0.3 is 4.74 Å². The number of pyridine rings is 1. The number of aromatic nitrogens is 1. The minimum atomic E-state index is -0.503. The van der Waals surface area contributed by atoms with Gasteiger partial charge in [0, 0.05) is 24.1 Å². The number of methoxy groups -OCH3 is 1. The average Bonchev–Trinajstić information content (AvgIpc) is 2.39. The Kier molecular flexibility index (Phi) is 5.52. The van der Waals surface area contributed by atoms with Crippen LogP contribution in [0.1, 0.15) is 22.3 Å². The van der Waals surface area contributed by atoms with E-state index in [4.69, 9.17) is 17.1 Å². The lowest BCUT2D eigenvalue weighted by Crippen LogP contribution is -2.02. The highest BCUT2D eigenvalue weighted by atomic mass is 35.5. The first-order valence-electron chi connectivity index (χ1n) is 4.92. The van der Waals surface area contributed by atoms with E-state index in [9.17, 15) is 4.79 Å². The van der Waals surface area contributed by atoms with Gasteiger partial charge in [-0.1, -0.05) is 28.6 Å². The van der Waals surface area contributed by atoms with Crippen molar-refractivity contribution in [2.45, 2.75) is 6.42 Å². The fourth-order valence-electron chi connectivity index (χ4n) is 1.07. The minimum Gasteiger partial charge on any atom is -0.465 e. The quantitative estimate of drug-likeness (QED) is 0.160. The van der Waals surface area contributed by atoms with Crippen molar-refractivity contribution in [3.63, 3.8) is 0 Å². The Morgan fingerprint density at radius 3 is 3.17 bits per heavy atom. The molecule has 1 aromatic heterocycles. The number of rotatable bonds is 3. The first kappa shape index (κ1) is 13.8. The highest BCUT2D eigenvalue weighted by Crippen LogP contribution is 2.13. The predicted molar refractivity (Wildman–Crippen MR) is 66.1 cm³/mol. The molecule has 0 N–H and O–H groups in total. The molecule has 0 spiro atoms. The maximum absolute atomic E-state index is 11.3. The zero-order chi connectivity index (χ0) is 13.4. The molecule has 0 aliphatic carbocycles. The Morgan fingerprint density at radius 2 is 2.50 bits per heavy atom. The Hall–Kier alpha value is -2.22. The van der Waals surface area contributed by atoms with Crippen LogP contribution in [0.2, 0.25) is 5.15 Å². The van der Waals surface area contributed by atoms with Crippen molar-refractivity contribution in [3.05, 3.63) is 39.0 Å². The highest BCUT2D eigenvalue weighted by molar-refractivity contribution is 6.30. The summed E-state index contributed by atoms with van der Waals surface area (Å²) >= 11 is 5.84. The number of hydrogen-bond acceptors (Lipinski definition) is 4. The largest absolute Gasteiger partial charge is 0.465 e. The second-order valence-corrected chi connectivity index (χ2v) is 3.42. The van der Waals surface area contributed by atoms with Crippen LogP contribution in [-0.4, -0.2) is 24.6 Å². The molecule has 0 saturated heterocycles. The summed E-state index contributed by atoms with van der Waals surface area (Å²) in [6.45, 7) is 0.283. The first-order chi connectivity index (χ1) is 8.69. The summed E-state index contributed by atoms with van der Waals surface area (Å²) in [4.78, 5) is 17.7. The SMILES string of the molecule is COC(=O)c1cnc(Cl)c(C#CCCN=[N+]=[N-])c1. The van der Waals surface area contributed by atoms with Gasteiger partial charge >= 0.3 is 5.97 Å². The molecule has 1 aromatic rings. The maximum atomic E-state index is 11.3. The van der Waals surface area contributed by atoms with Gasteiger partial charge in [0.15, 0.2) is 0 Å². The van der Waals surface area contributed by atoms with Gasteiger partial charge in [0.1, 0.15) is 5.15 Å². The number of azide groups is 1. The fraction of sp³-hybridized carbons (Fsp3) is 0.273. The van der Waals surface area contributed by atoms with Gasteiger partial charge in [-0.15, -0.1) is 0 Å². The zero-order valence-corrected chi connectivity index (χ0v) is 10.3. The molecule has 6 nitrogen and oxygen atoms in total. The Bertz CT molecular complexity index is 556. The average molecular weight is 265 g/mol. The molecule has 0 saturated carbocycles. The Labute approximate surface area is 109 Å². The van der Waals surface area contributed by atoms with Crippen molar-refractivity contribution in [2.24, 2.45) is 5.11 Å². The van der Waals surface area contributed by atoms with E-state index >= 15 is 0 Å². The lowest BCUT2D eigenvalue weighted by Gasteiger charge is -2.00. The van der Waals surface area contributed by atoms with Gasteiger partial charge in [-0.2, -0.15) is 0 Å². The number of esters is 1. The summed E-state index contributed by atoms with van der Waals surface area (Å²) in [6, 6.07) is 1.50. The Morgan fingerprint density at radius 1 is 1.72 bits per heavy atom. The minimum absolute atomic E-state index is 0.207. The van der Waals surface area contributed by atoms with Crippen molar-refractivity contribution < 1.29 is 9.53 Å². The number of ether oxygens (including phenoxy) is 1. The van der Waals surface area contributed by atoms with Crippen LogP contribution in [0.4, 0.5) is 0 Å². The molecule has 0 bridgehead atoms. The van der Waals surface area contributed by atoms with Crippen LogP contribution in [0.25, 0.3) is 10.4 Å². The molecule has 0 unspecified atom stereocenters. The van der Waals surface area contributed by atoms with Crippen LogP contribution in [0.15, 0.2) is 17.4 Å². The standard InChI is InChI=1S/C11H9ClN4O2/c1-18-11(17)9-6-8(10(12)14-7-9)4-2-3-5-15-16-13/h6-7H,3,5H2,1H3. The van der Waals surface area contributed by atoms with E-state index < -0.39 is 5.97 Å². The number of carbonyl (C=O) groups is 1. The third-order valence-electron chi connectivity index (χ3n) is 1.88. The second-order valence-electron chi connectivity index (χ2n) is 3.06. The van der Waals surface area contributed by atoms with E-state index in [0.717, 1.165) is 0 Å². The van der Waals surface area contributed by atoms with Gasteiger partial charge in [-0.25, -0.2) is 9.78 Å². The maximum Gasteiger partial charge on any atom is 0.339 e.